The van der Waals surface area contributed by atoms with Crippen LogP contribution in [-0.2, 0) is 0 Å². The van der Waals surface area contributed by atoms with Crippen LogP contribution in [0, 0.1) is 11.3 Å². The molecule has 2 heteroatoms. The third-order valence-electron chi connectivity index (χ3n) is 6.03. The van der Waals surface area contributed by atoms with Gasteiger partial charge in [-0.2, -0.15) is 0 Å². The summed E-state index contributed by atoms with van der Waals surface area (Å²) in [6.45, 7) is 12.5. The van der Waals surface area contributed by atoms with Crippen molar-refractivity contribution < 1.29 is 0 Å². The fourth-order valence-electron chi connectivity index (χ4n) is 3.98. The van der Waals surface area contributed by atoms with Gasteiger partial charge in [0.05, 0.1) is 0 Å². The van der Waals surface area contributed by atoms with E-state index in [1.54, 1.807) is 0 Å². The average Bonchev–Trinajstić information content (AvgIpc) is 2.97. The maximum atomic E-state index is 3.81. The number of rotatable bonds is 7. The van der Waals surface area contributed by atoms with Crippen LogP contribution >= 0.6 is 0 Å². The van der Waals surface area contributed by atoms with Crippen LogP contribution in [-0.4, -0.2) is 37.1 Å². The van der Waals surface area contributed by atoms with Gasteiger partial charge >= 0.3 is 0 Å². The van der Waals surface area contributed by atoms with Gasteiger partial charge in [-0.15, -0.1) is 0 Å². The third-order valence-corrected chi connectivity index (χ3v) is 6.03. The summed E-state index contributed by atoms with van der Waals surface area (Å²) < 4.78 is 0. The van der Waals surface area contributed by atoms with E-state index in [1.165, 1.54) is 77.5 Å². The van der Waals surface area contributed by atoms with Crippen molar-refractivity contribution >= 4 is 0 Å². The van der Waals surface area contributed by atoms with Gasteiger partial charge in [0.15, 0.2) is 0 Å². The monoisotopic (exact) mass is 280 g/mol. The molecule has 2 fully saturated rings. The minimum Gasteiger partial charge on any atom is -0.314 e. The van der Waals surface area contributed by atoms with Gasteiger partial charge in [0.2, 0.25) is 0 Å². The molecular formula is C18H36N2. The van der Waals surface area contributed by atoms with E-state index >= 15 is 0 Å². The lowest BCUT2D eigenvalue weighted by Gasteiger charge is -2.39. The first-order valence-electron chi connectivity index (χ1n) is 9.07. The van der Waals surface area contributed by atoms with Crippen molar-refractivity contribution in [3.05, 3.63) is 0 Å². The molecule has 2 aliphatic rings. The van der Waals surface area contributed by atoms with Crippen LogP contribution in [0.2, 0.25) is 0 Å². The largest absolute Gasteiger partial charge is 0.314 e. The van der Waals surface area contributed by atoms with Crippen LogP contribution < -0.4 is 5.32 Å². The Labute approximate surface area is 126 Å². The molecule has 2 rings (SSSR count). The molecule has 20 heavy (non-hydrogen) atoms. The molecule has 1 aliphatic heterocycles. The first-order valence-corrected chi connectivity index (χ1v) is 9.07. The van der Waals surface area contributed by atoms with Gasteiger partial charge in [0, 0.05) is 6.04 Å². The van der Waals surface area contributed by atoms with Crippen LogP contribution in [0.4, 0.5) is 0 Å². The molecule has 1 saturated carbocycles. The van der Waals surface area contributed by atoms with E-state index in [0.717, 1.165) is 12.0 Å². The first kappa shape index (κ1) is 16.3. The summed E-state index contributed by atoms with van der Waals surface area (Å²) >= 11 is 0. The van der Waals surface area contributed by atoms with Gasteiger partial charge in [0.1, 0.15) is 0 Å². The molecule has 0 atom stereocenters. The molecule has 0 radical (unpaired) electrons. The molecule has 0 aromatic carbocycles. The maximum Gasteiger partial charge on any atom is 0.00672 e. The van der Waals surface area contributed by atoms with Crippen molar-refractivity contribution in [1.82, 2.24) is 10.2 Å². The Kier molecular flexibility index (Phi) is 6.35. The van der Waals surface area contributed by atoms with E-state index in [1.807, 2.05) is 0 Å². The summed E-state index contributed by atoms with van der Waals surface area (Å²) in [5, 5.41) is 3.81. The minimum atomic E-state index is 0.556. The van der Waals surface area contributed by atoms with E-state index < -0.39 is 0 Å². The summed E-state index contributed by atoms with van der Waals surface area (Å²) in [6, 6.07) is 0.803. The minimum absolute atomic E-state index is 0.556. The first-order chi connectivity index (χ1) is 9.62. The van der Waals surface area contributed by atoms with E-state index in [-0.39, 0.29) is 0 Å². The number of hydrogen-bond donors (Lipinski definition) is 1. The summed E-state index contributed by atoms with van der Waals surface area (Å²) in [4.78, 5) is 2.63. The summed E-state index contributed by atoms with van der Waals surface area (Å²) in [7, 11) is 0. The van der Waals surface area contributed by atoms with Crippen molar-refractivity contribution in [1.29, 1.82) is 0 Å². The molecule has 118 valence electrons. The molecule has 1 N–H and O–H groups in total. The summed E-state index contributed by atoms with van der Waals surface area (Å²) in [6.07, 6.45) is 11.2. The smallest absolute Gasteiger partial charge is 0.00672 e. The molecule has 0 unspecified atom stereocenters. The van der Waals surface area contributed by atoms with Crippen LogP contribution in [0.5, 0.6) is 0 Å². The van der Waals surface area contributed by atoms with Crippen molar-refractivity contribution in [2.24, 2.45) is 11.3 Å². The summed E-state index contributed by atoms with van der Waals surface area (Å²) in [5.74, 6) is 0.954. The van der Waals surface area contributed by atoms with Crippen molar-refractivity contribution in [3.63, 3.8) is 0 Å². The number of nitrogens with one attached hydrogen (secondary N) is 1. The summed E-state index contributed by atoms with van der Waals surface area (Å²) in [5.41, 5.74) is 0.556. The molecule has 0 bridgehead atoms. The highest BCUT2D eigenvalue weighted by molar-refractivity contribution is 4.85. The van der Waals surface area contributed by atoms with Gasteiger partial charge < -0.3 is 10.2 Å². The quantitative estimate of drug-likeness (QED) is 0.708. The average molecular weight is 280 g/mol. The second kappa shape index (κ2) is 7.79. The van der Waals surface area contributed by atoms with Crippen molar-refractivity contribution in [2.75, 3.05) is 26.2 Å². The lowest BCUT2D eigenvalue weighted by molar-refractivity contribution is 0.137. The Morgan fingerprint density at radius 3 is 2.30 bits per heavy atom. The third kappa shape index (κ3) is 4.73. The lowest BCUT2D eigenvalue weighted by Crippen LogP contribution is -2.38. The predicted octanol–water partition coefficient (Wildman–Crippen LogP) is 4.06. The second-order valence-electron chi connectivity index (χ2n) is 7.75. The van der Waals surface area contributed by atoms with E-state index in [2.05, 4.69) is 31.0 Å². The Bertz CT molecular complexity index is 261. The molecular weight excluding hydrogens is 244 g/mol. The van der Waals surface area contributed by atoms with Gasteiger partial charge in [-0.1, -0.05) is 27.2 Å². The molecule has 0 amide bonds. The van der Waals surface area contributed by atoms with Crippen LogP contribution in [0.3, 0.4) is 0 Å². The highest BCUT2D eigenvalue weighted by Crippen LogP contribution is 2.40. The maximum absolute atomic E-state index is 3.81. The zero-order valence-electron chi connectivity index (χ0n) is 14.1. The fraction of sp³-hybridized carbons (Fsp3) is 1.00. The van der Waals surface area contributed by atoms with Gasteiger partial charge in [0.25, 0.3) is 0 Å². The zero-order chi connectivity index (χ0) is 14.4. The molecule has 0 aromatic rings. The Hall–Kier alpha value is -0.0800. The Balaban J connectivity index is 1.55. The van der Waals surface area contributed by atoms with Gasteiger partial charge in [-0.25, -0.2) is 0 Å². The van der Waals surface area contributed by atoms with Crippen molar-refractivity contribution in [3.8, 4) is 0 Å². The number of nitrogens with zero attached hydrogens (tertiary/aromatic N) is 1. The van der Waals surface area contributed by atoms with Crippen molar-refractivity contribution in [2.45, 2.75) is 78.2 Å². The van der Waals surface area contributed by atoms with Gasteiger partial charge in [-0.3, -0.25) is 0 Å². The molecule has 1 heterocycles. The van der Waals surface area contributed by atoms with E-state index in [4.69, 9.17) is 0 Å². The number of hydrogen-bond acceptors (Lipinski definition) is 2. The fourth-order valence-corrected chi connectivity index (χ4v) is 3.98. The Morgan fingerprint density at radius 1 is 1.05 bits per heavy atom. The standard InChI is InChI=1S/C18H36N2/c1-4-18(2,3)16-8-10-17(11-9-16)19-12-7-15-20-13-5-6-14-20/h16-17,19H,4-15H2,1-3H3. The highest BCUT2D eigenvalue weighted by atomic mass is 15.1. The van der Waals surface area contributed by atoms with Crippen LogP contribution in [0.25, 0.3) is 0 Å². The molecule has 1 saturated heterocycles. The molecule has 1 aliphatic carbocycles. The Morgan fingerprint density at radius 2 is 1.70 bits per heavy atom. The van der Waals surface area contributed by atoms with Crippen LogP contribution in [0.15, 0.2) is 0 Å². The van der Waals surface area contributed by atoms with Gasteiger partial charge in [-0.05, 0) is 82.5 Å². The molecule has 0 spiro atoms. The molecule has 0 aromatic heterocycles. The molecule has 2 nitrogen and oxygen atoms in total. The lowest BCUT2D eigenvalue weighted by atomic mass is 9.69. The number of likely N-dealkylation sites (tertiary alicyclic amines) is 1. The van der Waals surface area contributed by atoms with E-state index in [0.29, 0.717) is 5.41 Å². The predicted molar refractivity (Wildman–Crippen MR) is 88.1 cm³/mol. The SMILES string of the molecule is CCC(C)(C)C1CCC(NCCCN2CCCC2)CC1. The zero-order valence-corrected chi connectivity index (χ0v) is 14.1. The topological polar surface area (TPSA) is 15.3 Å². The highest BCUT2D eigenvalue weighted by Gasteiger charge is 2.31. The van der Waals surface area contributed by atoms with Crippen LogP contribution in [0.1, 0.15) is 72.1 Å². The normalized spacial score (nSPS) is 28.9. The van der Waals surface area contributed by atoms with E-state index in [9.17, 15) is 0 Å². The second-order valence-corrected chi connectivity index (χ2v) is 7.75.